The summed E-state index contributed by atoms with van der Waals surface area (Å²) in [6.07, 6.45) is 7.22. The monoisotopic (exact) mass is 388 g/mol. The van der Waals surface area contributed by atoms with E-state index >= 15 is 0 Å². The molecule has 4 rings (SSSR count). The van der Waals surface area contributed by atoms with Gasteiger partial charge in [0, 0.05) is 29.9 Å². The summed E-state index contributed by atoms with van der Waals surface area (Å²) in [7, 11) is 0. The van der Waals surface area contributed by atoms with Gasteiger partial charge in [-0.05, 0) is 38.0 Å². The fraction of sp³-hybridized carbons (Fsp3) is 0.263. The van der Waals surface area contributed by atoms with Gasteiger partial charge in [0.15, 0.2) is 0 Å². The Morgan fingerprint density at radius 2 is 2.00 bits per heavy atom. The van der Waals surface area contributed by atoms with Crippen LogP contribution in [0.2, 0.25) is 10.0 Å². The summed E-state index contributed by atoms with van der Waals surface area (Å²) in [4.78, 5) is 3.99. The number of pyridine rings is 1. The number of aromatic nitrogens is 3. The van der Waals surface area contributed by atoms with Crippen LogP contribution in [-0.2, 0) is 0 Å². The van der Waals surface area contributed by atoms with E-state index in [2.05, 4.69) is 26.6 Å². The van der Waals surface area contributed by atoms with Gasteiger partial charge < -0.3 is 10.1 Å². The van der Waals surface area contributed by atoms with Crippen molar-refractivity contribution in [2.75, 3.05) is 6.54 Å². The third kappa shape index (κ3) is 3.24. The molecule has 5 nitrogen and oxygen atoms in total. The standard InChI is InChI=1S/C19H18Cl2N4O/c1-11(18-14(20)9-22-10-15(18)21)26-12-5-6-16-13(8-12)19(25-24-16)17-4-2-3-7-23-17/h4-6,8-11,23H,2-3,7H2,1H3,(H,24,25). The van der Waals surface area contributed by atoms with Crippen molar-refractivity contribution in [2.24, 2.45) is 0 Å². The molecule has 0 fully saturated rings. The second-order valence-electron chi connectivity index (χ2n) is 6.24. The summed E-state index contributed by atoms with van der Waals surface area (Å²) in [5.74, 6) is 0.730. The minimum Gasteiger partial charge on any atom is -0.486 e. The van der Waals surface area contributed by atoms with Crippen LogP contribution in [0.4, 0.5) is 0 Å². The smallest absolute Gasteiger partial charge is 0.124 e. The molecule has 0 spiro atoms. The lowest BCUT2D eigenvalue weighted by atomic mass is 10.1. The lowest BCUT2D eigenvalue weighted by Crippen LogP contribution is -2.17. The first-order valence-electron chi connectivity index (χ1n) is 8.51. The van der Waals surface area contributed by atoms with Crippen LogP contribution in [0.3, 0.4) is 0 Å². The quantitative estimate of drug-likeness (QED) is 0.650. The molecule has 7 heteroatoms. The minimum atomic E-state index is -0.308. The first kappa shape index (κ1) is 17.2. The highest BCUT2D eigenvalue weighted by Gasteiger charge is 2.18. The lowest BCUT2D eigenvalue weighted by molar-refractivity contribution is 0.227. The highest BCUT2D eigenvalue weighted by molar-refractivity contribution is 6.35. The fourth-order valence-corrected chi connectivity index (χ4v) is 3.84. The van der Waals surface area contributed by atoms with Crippen molar-refractivity contribution in [3.05, 3.63) is 58.0 Å². The molecule has 0 bridgehead atoms. The Kier molecular flexibility index (Phi) is 4.74. The molecule has 0 amide bonds. The molecule has 0 saturated carbocycles. The zero-order valence-electron chi connectivity index (χ0n) is 14.2. The second kappa shape index (κ2) is 7.17. The number of benzene rings is 1. The Balaban J connectivity index is 1.66. The van der Waals surface area contributed by atoms with Crippen LogP contribution < -0.4 is 10.1 Å². The van der Waals surface area contributed by atoms with E-state index in [4.69, 9.17) is 27.9 Å². The minimum absolute atomic E-state index is 0.308. The molecule has 1 unspecified atom stereocenters. The fourth-order valence-electron chi connectivity index (χ4n) is 3.17. The molecule has 2 aromatic heterocycles. The number of allylic oxidation sites excluding steroid dienone is 1. The normalized spacial score (nSPS) is 15.4. The first-order chi connectivity index (χ1) is 12.6. The number of nitrogens with one attached hydrogen (secondary N) is 2. The van der Waals surface area contributed by atoms with Crippen LogP contribution in [0.5, 0.6) is 5.75 Å². The van der Waals surface area contributed by atoms with Gasteiger partial charge in [-0.25, -0.2) is 0 Å². The van der Waals surface area contributed by atoms with Crippen molar-refractivity contribution >= 4 is 39.8 Å². The van der Waals surface area contributed by atoms with Gasteiger partial charge in [0.1, 0.15) is 17.5 Å². The molecule has 2 N–H and O–H groups in total. The van der Waals surface area contributed by atoms with Gasteiger partial charge in [-0.3, -0.25) is 10.1 Å². The van der Waals surface area contributed by atoms with E-state index in [9.17, 15) is 0 Å². The van der Waals surface area contributed by atoms with Crippen molar-refractivity contribution in [1.29, 1.82) is 0 Å². The Labute approximate surface area is 161 Å². The number of rotatable bonds is 4. The van der Waals surface area contributed by atoms with Crippen LogP contribution in [0, 0.1) is 0 Å². The van der Waals surface area contributed by atoms with E-state index < -0.39 is 0 Å². The van der Waals surface area contributed by atoms with Gasteiger partial charge in [-0.15, -0.1) is 0 Å². The largest absolute Gasteiger partial charge is 0.486 e. The molecule has 1 aliphatic rings. The van der Waals surface area contributed by atoms with Crippen LogP contribution in [-0.4, -0.2) is 21.7 Å². The SMILES string of the molecule is CC(Oc1ccc2[nH]nc(C3=CCCCN3)c2c1)c1c(Cl)cncc1Cl. The molecule has 1 aliphatic heterocycles. The zero-order valence-corrected chi connectivity index (χ0v) is 15.7. The van der Waals surface area contributed by atoms with E-state index in [1.807, 2.05) is 25.1 Å². The summed E-state index contributed by atoms with van der Waals surface area (Å²) in [5, 5.41) is 13.0. The number of aromatic amines is 1. The number of nitrogens with zero attached hydrogens (tertiary/aromatic N) is 2. The Morgan fingerprint density at radius 1 is 1.19 bits per heavy atom. The summed E-state index contributed by atoms with van der Waals surface area (Å²) in [6, 6.07) is 5.87. The number of hydrogen-bond donors (Lipinski definition) is 2. The van der Waals surface area contributed by atoms with E-state index in [-0.39, 0.29) is 6.10 Å². The predicted octanol–water partition coefficient (Wildman–Crippen LogP) is 5.13. The zero-order chi connectivity index (χ0) is 18.1. The molecular weight excluding hydrogens is 371 g/mol. The predicted molar refractivity (Wildman–Crippen MR) is 105 cm³/mol. The maximum atomic E-state index is 6.24. The summed E-state index contributed by atoms with van der Waals surface area (Å²) in [6.45, 7) is 2.88. The Bertz CT molecular complexity index is 963. The Morgan fingerprint density at radius 3 is 2.73 bits per heavy atom. The maximum Gasteiger partial charge on any atom is 0.124 e. The molecule has 3 aromatic rings. The third-order valence-corrected chi connectivity index (χ3v) is 5.05. The highest BCUT2D eigenvalue weighted by Crippen LogP contribution is 2.34. The first-order valence-corrected chi connectivity index (χ1v) is 9.27. The third-order valence-electron chi connectivity index (χ3n) is 4.44. The van der Waals surface area contributed by atoms with Gasteiger partial charge >= 0.3 is 0 Å². The van der Waals surface area contributed by atoms with Crippen molar-refractivity contribution < 1.29 is 4.74 Å². The Hall–Kier alpha value is -2.24. The number of fused-ring (bicyclic) bond motifs is 1. The number of ether oxygens (including phenoxy) is 1. The summed E-state index contributed by atoms with van der Waals surface area (Å²) >= 11 is 12.5. The second-order valence-corrected chi connectivity index (χ2v) is 7.06. The molecule has 0 aliphatic carbocycles. The summed E-state index contributed by atoms with van der Waals surface area (Å²) in [5.41, 5.74) is 3.67. The average Bonchev–Trinajstić information content (AvgIpc) is 3.05. The molecular formula is C19H18Cl2N4O. The van der Waals surface area contributed by atoms with E-state index in [0.717, 1.165) is 53.0 Å². The van der Waals surface area contributed by atoms with Gasteiger partial charge in [0.05, 0.1) is 21.3 Å². The number of hydrogen-bond acceptors (Lipinski definition) is 4. The van der Waals surface area contributed by atoms with Gasteiger partial charge in [0.25, 0.3) is 0 Å². The van der Waals surface area contributed by atoms with E-state index in [1.165, 1.54) is 0 Å². The van der Waals surface area contributed by atoms with E-state index in [1.54, 1.807) is 12.4 Å². The summed E-state index contributed by atoms with van der Waals surface area (Å²) < 4.78 is 6.10. The average molecular weight is 389 g/mol. The molecule has 0 radical (unpaired) electrons. The molecule has 134 valence electrons. The van der Waals surface area contributed by atoms with Crippen molar-refractivity contribution in [3.8, 4) is 5.75 Å². The van der Waals surface area contributed by atoms with Crippen LogP contribution >= 0.6 is 23.2 Å². The topological polar surface area (TPSA) is 62.8 Å². The van der Waals surface area contributed by atoms with Gasteiger partial charge in [0.2, 0.25) is 0 Å². The lowest BCUT2D eigenvalue weighted by Gasteiger charge is -2.18. The van der Waals surface area contributed by atoms with E-state index in [0.29, 0.717) is 10.0 Å². The molecule has 0 saturated heterocycles. The van der Waals surface area contributed by atoms with Crippen molar-refractivity contribution in [1.82, 2.24) is 20.5 Å². The van der Waals surface area contributed by atoms with Crippen LogP contribution in [0.1, 0.15) is 37.1 Å². The molecule has 3 heterocycles. The number of H-pyrrole nitrogens is 1. The number of halogens is 2. The molecule has 1 atom stereocenters. The highest BCUT2D eigenvalue weighted by atomic mass is 35.5. The van der Waals surface area contributed by atoms with Crippen molar-refractivity contribution in [2.45, 2.75) is 25.9 Å². The molecule has 1 aromatic carbocycles. The molecule has 26 heavy (non-hydrogen) atoms. The van der Waals surface area contributed by atoms with Gasteiger partial charge in [-0.1, -0.05) is 29.3 Å². The van der Waals surface area contributed by atoms with Crippen LogP contribution in [0.15, 0.2) is 36.7 Å². The van der Waals surface area contributed by atoms with Crippen LogP contribution in [0.25, 0.3) is 16.6 Å². The maximum absolute atomic E-state index is 6.24. The van der Waals surface area contributed by atoms with Gasteiger partial charge in [-0.2, -0.15) is 5.10 Å². The van der Waals surface area contributed by atoms with Crippen molar-refractivity contribution in [3.63, 3.8) is 0 Å².